The van der Waals surface area contributed by atoms with E-state index in [0.717, 1.165) is 11.8 Å². The molecular formula is C22H28N2O6. The number of ether oxygens (including phenoxy) is 2. The average molecular weight is 416 g/mol. The van der Waals surface area contributed by atoms with Crippen molar-refractivity contribution in [3.05, 3.63) is 29.5 Å². The molecule has 0 bridgehead atoms. The zero-order chi connectivity index (χ0) is 21.8. The number of likely N-dealkylation sites (N-methyl/N-ethyl adjacent to an activating group) is 1. The summed E-state index contributed by atoms with van der Waals surface area (Å²) < 4.78 is 16.1. The van der Waals surface area contributed by atoms with Gasteiger partial charge < -0.3 is 23.7 Å². The maximum Gasteiger partial charge on any atom is 0.310 e. The predicted octanol–water partition coefficient (Wildman–Crippen LogP) is 2.62. The Bertz CT molecular complexity index is 950. The fraction of sp³-hybridized carbons (Fsp3) is 0.500. The molecule has 1 aromatic heterocycles. The van der Waals surface area contributed by atoms with Crippen LogP contribution >= 0.6 is 0 Å². The van der Waals surface area contributed by atoms with Gasteiger partial charge in [0.05, 0.1) is 26.2 Å². The lowest BCUT2D eigenvalue weighted by atomic mass is 9.98. The molecule has 2 amide bonds. The highest BCUT2D eigenvalue weighted by atomic mass is 16.5. The quantitative estimate of drug-likeness (QED) is 0.673. The van der Waals surface area contributed by atoms with Gasteiger partial charge in [-0.25, -0.2) is 0 Å². The maximum absolute atomic E-state index is 12.9. The number of furan rings is 1. The maximum atomic E-state index is 12.9. The van der Waals surface area contributed by atoms with E-state index in [-0.39, 0.29) is 36.0 Å². The van der Waals surface area contributed by atoms with E-state index in [9.17, 15) is 14.4 Å². The highest BCUT2D eigenvalue weighted by Gasteiger charge is 2.31. The zero-order valence-corrected chi connectivity index (χ0v) is 17.9. The molecule has 2 aromatic rings. The molecule has 0 aliphatic carbocycles. The molecule has 0 N–H and O–H groups in total. The number of carbonyl (C=O) groups excluding carboxylic acids is 3. The summed E-state index contributed by atoms with van der Waals surface area (Å²) in [5, 5.41) is 0.797. The van der Waals surface area contributed by atoms with Crippen LogP contribution in [0.4, 0.5) is 0 Å². The number of hydrogen-bond donors (Lipinski definition) is 0. The van der Waals surface area contributed by atoms with Gasteiger partial charge in [0, 0.05) is 31.1 Å². The van der Waals surface area contributed by atoms with Crippen molar-refractivity contribution >= 4 is 28.8 Å². The SMILES string of the molecule is CCOC(=O)C1CCCN(C(=O)CN(C)C(=O)c2oc3ccc(OC)cc3c2C)C1. The molecule has 30 heavy (non-hydrogen) atoms. The normalized spacial score (nSPS) is 16.4. The number of esters is 1. The van der Waals surface area contributed by atoms with Crippen molar-refractivity contribution in [3.63, 3.8) is 0 Å². The van der Waals surface area contributed by atoms with Crippen molar-refractivity contribution in [2.24, 2.45) is 5.92 Å². The smallest absolute Gasteiger partial charge is 0.310 e. The Balaban J connectivity index is 1.68. The number of rotatable bonds is 6. The Hall–Kier alpha value is -3.03. The molecular weight excluding hydrogens is 388 g/mol. The number of benzene rings is 1. The molecule has 0 radical (unpaired) electrons. The van der Waals surface area contributed by atoms with E-state index in [4.69, 9.17) is 13.9 Å². The third kappa shape index (κ3) is 4.42. The Morgan fingerprint density at radius 1 is 1.30 bits per heavy atom. The van der Waals surface area contributed by atoms with Crippen LogP contribution in [0.25, 0.3) is 11.0 Å². The first-order chi connectivity index (χ1) is 14.3. The molecule has 3 rings (SSSR count). The van der Waals surface area contributed by atoms with Crippen LogP contribution in [0, 0.1) is 12.8 Å². The average Bonchev–Trinajstić information content (AvgIpc) is 3.09. The summed E-state index contributed by atoms with van der Waals surface area (Å²) in [5.41, 5.74) is 1.29. The van der Waals surface area contributed by atoms with E-state index < -0.39 is 0 Å². The van der Waals surface area contributed by atoms with Gasteiger partial charge in [0.25, 0.3) is 5.91 Å². The number of amides is 2. The van der Waals surface area contributed by atoms with Gasteiger partial charge in [0.1, 0.15) is 11.3 Å². The van der Waals surface area contributed by atoms with Crippen molar-refractivity contribution in [2.75, 3.05) is 40.4 Å². The molecule has 8 nitrogen and oxygen atoms in total. The Labute approximate surface area is 175 Å². The van der Waals surface area contributed by atoms with Crippen LogP contribution in [0.2, 0.25) is 0 Å². The fourth-order valence-corrected chi connectivity index (χ4v) is 3.74. The Morgan fingerprint density at radius 2 is 2.07 bits per heavy atom. The summed E-state index contributed by atoms with van der Waals surface area (Å²) in [6, 6.07) is 5.34. The number of piperidine rings is 1. The van der Waals surface area contributed by atoms with Crippen molar-refractivity contribution in [1.29, 1.82) is 0 Å². The molecule has 1 aliphatic heterocycles. The van der Waals surface area contributed by atoms with Crippen molar-refractivity contribution in [3.8, 4) is 5.75 Å². The van der Waals surface area contributed by atoms with Crippen molar-refractivity contribution in [1.82, 2.24) is 9.80 Å². The summed E-state index contributed by atoms with van der Waals surface area (Å²) in [4.78, 5) is 40.6. The molecule has 1 aromatic carbocycles. The van der Waals surface area contributed by atoms with Crippen LogP contribution < -0.4 is 4.74 Å². The van der Waals surface area contributed by atoms with E-state index in [1.807, 2.05) is 13.0 Å². The summed E-state index contributed by atoms with van der Waals surface area (Å²) in [6.07, 6.45) is 1.44. The van der Waals surface area contributed by atoms with E-state index >= 15 is 0 Å². The monoisotopic (exact) mass is 416 g/mol. The van der Waals surface area contributed by atoms with Crippen LogP contribution in [0.1, 0.15) is 35.9 Å². The molecule has 1 saturated heterocycles. The molecule has 1 atom stereocenters. The van der Waals surface area contributed by atoms with Crippen LogP contribution in [-0.2, 0) is 14.3 Å². The topological polar surface area (TPSA) is 89.3 Å². The second-order valence-corrected chi connectivity index (χ2v) is 7.51. The first kappa shape index (κ1) is 21.7. The van der Waals surface area contributed by atoms with Gasteiger partial charge in [-0.15, -0.1) is 0 Å². The molecule has 8 heteroatoms. The van der Waals surface area contributed by atoms with Crippen LogP contribution in [0.3, 0.4) is 0 Å². The molecule has 1 unspecified atom stereocenters. The van der Waals surface area contributed by atoms with Gasteiger partial charge >= 0.3 is 5.97 Å². The van der Waals surface area contributed by atoms with Crippen molar-refractivity contribution < 1.29 is 28.3 Å². The molecule has 1 aliphatic rings. The largest absolute Gasteiger partial charge is 0.497 e. The molecule has 2 heterocycles. The third-order valence-electron chi connectivity index (χ3n) is 5.45. The number of likely N-dealkylation sites (tertiary alicyclic amines) is 1. The minimum Gasteiger partial charge on any atom is -0.497 e. The summed E-state index contributed by atoms with van der Waals surface area (Å²) in [5.74, 6) is -0.263. The summed E-state index contributed by atoms with van der Waals surface area (Å²) >= 11 is 0. The van der Waals surface area contributed by atoms with Gasteiger partial charge in [-0.05, 0) is 44.9 Å². The van der Waals surface area contributed by atoms with Crippen molar-refractivity contribution in [2.45, 2.75) is 26.7 Å². The molecule has 1 fully saturated rings. The first-order valence-electron chi connectivity index (χ1n) is 10.1. The van der Waals surface area contributed by atoms with Gasteiger partial charge in [-0.3, -0.25) is 14.4 Å². The number of fused-ring (bicyclic) bond motifs is 1. The number of methoxy groups -OCH3 is 1. The van der Waals surface area contributed by atoms with Gasteiger partial charge in [0.15, 0.2) is 5.76 Å². The second-order valence-electron chi connectivity index (χ2n) is 7.51. The van der Waals surface area contributed by atoms with E-state index in [2.05, 4.69) is 0 Å². The molecule has 162 valence electrons. The lowest BCUT2D eigenvalue weighted by molar-refractivity contribution is -0.151. The Kier molecular flexibility index (Phi) is 6.64. The standard InChI is InChI=1S/C22H28N2O6/c1-5-29-22(27)15-7-6-10-24(12-15)19(25)13-23(3)21(26)20-14(2)17-11-16(28-4)8-9-18(17)30-20/h8-9,11,15H,5-7,10,12-13H2,1-4H3. The summed E-state index contributed by atoms with van der Waals surface area (Å²) in [6.45, 7) is 4.70. The zero-order valence-electron chi connectivity index (χ0n) is 17.9. The second kappa shape index (κ2) is 9.19. The molecule has 0 saturated carbocycles. The fourth-order valence-electron chi connectivity index (χ4n) is 3.74. The van der Waals surface area contributed by atoms with Gasteiger partial charge in [-0.2, -0.15) is 0 Å². The highest BCUT2D eigenvalue weighted by molar-refractivity contribution is 6.00. The number of hydrogen-bond acceptors (Lipinski definition) is 6. The van der Waals surface area contributed by atoms with E-state index in [1.165, 1.54) is 4.90 Å². The Morgan fingerprint density at radius 3 is 2.77 bits per heavy atom. The van der Waals surface area contributed by atoms with Gasteiger partial charge in [0.2, 0.25) is 5.91 Å². The third-order valence-corrected chi connectivity index (χ3v) is 5.45. The van der Waals surface area contributed by atoms with E-state index in [1.54, 1.807) is 38.1 Å². The lowest BCUT2D eigenvalue weighted by Crippen LogP contribution is -2.47. The number of nitrogens with zero attached hydrogens (tertiary/aromatic N) is 2. The van der Waals surface area contributed by atoms with Crippen LogP contribution in [-0.4, -0.2) is 68.0 Å². The predicted molar refractivity (Wildman–Crippen MR) is 110 cm³/mol. The minimum absolute atomic E-state index is 0.0891. The number of aryl methyl sites for hydroxylation is 1. The van der Waals surface area contributed by atoms with Crippen LogP contribution in [0.15, 0.2) is 22.6 Å². The van der Waals surface area contributed by atoms with Crippen LogP contribution in [0.5, 0.6) is 5.75 Å². The first-order valence-corrected chi connectivity index (χ1v) is 10.1. The van der Waals surface area contributed by atoms with E-state index in [0.29, 0.717) is 43.0 Å². The number of carbonyl (C=O) groups is 3. The lowest BCUT2D eigenvalue weighted by Gasteiger charge is -2.32. The highest BCUT2D eigenvalue weighted by Crippen LogP contribution is 2.29. The summed E-state index contributed by atoms with van der Waals surface area (Å²) in [7, 11) is 3.15. The van der Waals surface area contributed by atoms with Gasteiger partial charge in [-0.1, -0.05) is 0 Å². The molecule has 0 spiro atoms. The minimum atomic E-state index is -0.366.